The van der Waals surface area contributed by atoms with Gasteiger partial charge in [-0.1, -0.05) is 22.0 Å². The van der Waals surface area contributed by atoms with Gasteiger partial charge in [0.15, 0.2) is 0 Å². The Morgan fingerprint density at radius 1 is 1.14 bits per heavy atom. The molecule has 1 amide bonds. The normalized spacial score (nSPS) is 13.8. The SMILES string of the molecule is Cc1cc(F)ccc1CN1C(=O)C(=O)c2ccc(Br)cc21. The molecule has 1 aliphatic heterocycles. The summed E-state index contributed by atoms with van der Waals surface area (Å²) in [6.45, 7) is 2.03. The Morgan fingerprint density at radius 2 is 1.90 bits per heavy atom. The first kappa shape index (κ1) is 13.9. The summed E-state index contributed by atoms with van der Waals surface area (Å²) >= 11 is 3.34. The molecule has 0 unspecified atom stereocenters. The third-order valence-corrected chi connectivity index (χ3v) is 4.06. The second-order valence-electron chi connectivity index (χ2n) is 4.95. The quantitative estimate of drug-likeness (QED) is 0.778. The maximum atomic E-state index is 13.2. The monoisotopic (exact) mass is 347 g/mol. The Balaban J connectivity index is 2.02. The minimum Gasteiger partial charge on any atom is -0.300 e. The highest BCUT2D eigenvalue weighted by molar-refractivity contribution is 9.10. The highest BCUT2D eigenvalue weighted by Gasteiger charge is 2.35. The van der Waals surface area contributed by atoms with Crippen LogP contribution in [0.4, 0.5) is 10.1 Å². The highest BCUT2D eigenvalue weighted by atomic mass is 79.9. The molecular weight excluding hydrogens is 337 g/mol. The van der Waals surface area contributed by atoms with Crippen LogP contribution >= 0.6 is 15.9 Å². The van der Waals surface area contributed by atoms with Gasteiger partial charge in [-0.25, -0.2) is 4.39 Å². The van der Waals surface area contributed by atoms with Crippen molar-refractivity contribution in [1.82, 2.24) is 0 Å². The summed E-state index contributed by atoms with van der Waals surface area (Å²) < 4.78 is 13.9. The zero-order chi connectivity index (χ0) is 15.1. The molecule has 0 saturated heterocycles. The van der Waals surface area contributed by atoms with E-state index in [1.807, 2.05) is 0 Å². The van der Waals surface area contributed by atoms with Gasteiger partial charge in [0.25, 0.3) is 11.7 Å². The summed E-state index contributed by atoms with van der Waals surface area (Å²) in [6.07, 6.45) is 0. The van der Waals surface area contributed by atoms with Gasteiger partial charge in [-0.3, -0.25) is 9.59 Å². The van der Waals surface area contributed by atoms with Crippen molar-refractivity contribution in [3.05, 3.63) is 63.4 Å². The van der Waals surface area contributed by atoms with Gasteiger partial charge in [0.05, 0.1) is 17.8 Å². The van der Waals surface area contributed by atoms with Crippen LogP contribution in [-0.4, -0.2) is 11.7 Å². The number of benzene rings is 2. The molecule has 0 atom stereocenters. The molecule has 0 N–H and O–H groups in total. The number of nitrogens with zero attached hydrogens (tertiary/aromatic N) is 1. The number of carbonyl (C=O) groups is 2. The number of amides is 1. The molecule has 0 aromatic heterocycles. The molecule has 5 heteroatoms. The van der Waals surface area contributed by atoms with Gasteiger partial charge < -0.3 is 4.90 Å². The average molecular weight is 348 g/mol. The second kappa shape index (κ2) is 5.07. The second-order valence-corrected chi connectivity index (χ2v) is 5.87. The number of Topliss-reactive ketones (excluding diaryl/α,β-unsaturated/α-hetero) is 1. The lowest BCUT2D eigenvalue weighted by Gasteiger charge is -2.18. The molecule has 0 fully saturated rings. The average Bonchev–Trinajstić information content (AvgIpc) is 2.66. The van der Waals surface area contributed by atoms with Gasteiger partial charge in [-0.2, -0.15) is 0 Å². The van der Waals surface area contributed by atoms with Crippen LogP contribution in [0, 0.1) is 12.7 Å². The van der Waals surface area contributed by atoms with Crippen molar-refractivity contribution in [2.45, 2.75) is 13.5 Å². The first-order valence-corrected chi connectivity index (χ1v) is 7.17. The summed E-state index contributed by atoms with van der Waals surface area (Å²) in [6, 6.07) is 9.52. The van der Waals surface area contributed by atoms with Crippen molar-refractivity contribution in [2.24, 2.45) is 0 Å². The van der Waals surface area contributed by atoms with Crippen molar-refractivity contribution < 1.29 is 14.0 Å². The molecule has 3 nitrogen and oxygen atoms in total. The molecule has 106 valence electrons. The number of carbonyl (C=O) groups excluding carboxylic acids is 2. The van der Waals surface area contributed by atoms with Crippen molar-refractivity contribution in [1.29, 1.82) is 0 Å². The molecular formula is C16H11BrFNO2. The summed E-state index contributed by atoms with van der Waals surface area (Å²) in [4.78, 5) is 25.6. The van der Waals surface area contributed by atoms with E-state index in [1.165, 1.54) is 17.0 Å². The largest absolute Gasteiger partial charge is 0.300 e. The van der Waals surface area contributed by atoms with Gasteiger partial charge in [0.1, 0.15) is 5.82 Å². The van der Waals surface area contributed by atoms with E-state index in [4.69, 9.17) is 0 Å². The standard InChI is InChI=1S/C16H11BrFNO2/c1-9-6-12(18)4-2-10(9)8-19-14-7-11(17)3-5-13(14)15(20)16(19)21/h2-7H,8H2,1H3. The zero-order valence-electron chi connectivity index (χ0n) is 11.2. The molecule has 0 radical (unpaired) electrons. The lowest BCUT2D eigenvalue weighted by atomic mass is 10.1. The van der Waals surface area contributed by atoms with Gasteiger partial charge >= 0.3 is 0 Å². The molecule has 1 heterocycles. The van der Waals surface area contributed by atoms with Crippen LogP contribution in [0.1, 0.15) is 21.5 Å². The smallest absolute Gasteiger partial charge is 0.299 e. The van der Waals surface area contributed by atoms with Crippen LogP contribution in [0.5, 0.6) is 0 Å². The van der Waals surface area contributed by atoms with E-state index < -0.39 is 11.7 Å². The Labute approximate surface area is 129 Å². The predicted molar refractivity (Wildman–Crippen MR) is 80.8 cm³/mol. The lowest BCUT2D eigenvalue weighted by Crippen LogP contribution is -2.29. The van der Waals surface area contributed by atoms with Crippen molar-refractivity contribution in [2.75, 3.05) is 4.90 Å². The van der Waals surface area contributed by atoms with E-state index in [0.717, 1.165) is 15.6 Å². The first-order valence-electron chi connectivity index (χ1n) is 6.38. The number of aryl methyl sites for hydroxylation is 1. The number of halogens is 2. The van der Waals surface area contributed by atoms with E-state index in [9.17, 15) is 14.0 Å². The van der Waals surface area contributed by atoms with Gasteiger partial charge in [0.2, 0.25) is 0 Å². The minimum atomic E-state index is -0.549. The van der Waals surface area contributed by atoms with E-state index in [0.29, 0.717) is 11.3 Å². The topological polar surface area (TPSA) is 37.4 Å². The molecule has 0 aliphatic carbocycles. The third-order valence-electron chi connectivity index (χ3n) is 3.57. The molecule has 1 aliphatic rings. The predicted octanol–water partition coefficient (Wildman–Crippen LogP) is 3.63. The highest BCUT2D eigenvalue weighted by Crippen LogP contribution is 2.33. The Hall–Kier alpha value is -2.01. The number of fused-ring (bicyclic) bond motifs is 1. The van der Waals surface area contributed by atoms with Gasteiger partial charge in [-0.05, 0) is 48.4 Å². The number of hydrogen-bond acceptors (Lipinski definition) is 2. The molecule has 0 bridgehead atoms. The van der Waals surface area contributed by atoms with E-state index in [-0.39, 0.29) is 12.4 Å². The summed E-state index contributed by atoms with van der Waals surface area (Å²) in [5.41, 5.74) is 2.55. The Bertz CT molecular complexity index is 773. The molecule has 2 aromatic rings. The van der Waals surface area contributed by atoms with Crippen LogP contribution in [0.25, 0.3) is 0 Å². The van der Waals surface area contributed by atoms with Crippen LogP contribution in [-0.2, 0) is 11.3 Å². The van der Waals surface area contributed by atoms with Crippen LogP contribution in [0.15, 0.2) is 40.9 Å². The lowest BCUT2D eigenvalue weighted by molar-refractivity contribution is -0.114. The fourth-order valence-electron chi connectivity index (χ4n) is 2.43. The van der Waals surface area contributed by atoms with Crippen LogP contribution in [0.3, 0.4) is 0 Å². The Kier molecular flexibility index (Phi) is 3.37. The van der Waals surface area contributed by atoms with E-state index >= 15 is 0 Å². The molecule has 21 heavy (non-hydrogen) atoms. The number of anilines is 1. The van der Waals surface area contributed by atoms with Crippen LogP contribution in [0.2, 0.25) is 0 Å². The van der Waals surface area contributed by atoms with E-state index in [2.05, 4.69) is 15.9 Å². The van der Waals surface area contributed by atoms with E-state index in [1.54, 1.807) is 31.2 Å². The fourth-order valence-corrected chi connectivity index (χ4v) is 2.78. The summed E-state index contributed by atoms with van der Waals surface area (Å²) in [5, 5.41) is 0. The fraction of sp³-hybridized carbons (Fsp3) is 0.125. The van der Waals surface area contributed by atoms with Crippen LogP contribution < -0.4 is 4.90 Å². The number of rotatable bonds is 2. The molecule has 0 spiro atoms. The van der Waals surface area contributed by atoms with Crippen molar-refractivity contribution in [3.8, 4) is 0 Å². The number of ketones is 1. The van der Waals surface area contributed by atoms with Gasteiger partial charge in [-0.15, -0.1) is 0 Å². The van der Waals surface area contributed by atoms with Crippen molar-refractivity contribution in [3.63, 3.8) is 0 Å². The maximum absolute atomic E-state index is 13.2. The Morgan fingerprint density at radius 3 is 2.62 bits per heavy atom. The molecule has 3 rings (SSSR count). The molecule has 2 aromatic carbocycles. The maximum Gasteiger partial charge on any atom is 0.299 e. The summed E-state index contributed by atoms with van der Waals surface area (Å²) in [7, 11) is 0. The zero-order valence-corrected chi connectivity index (χ0v) is 12.8. The number of hydrogen-bond donors (Lipinski definition) is 0. The molecule has 0 saturated carbocycles. The summed E-state index contributed by atoms with van der Waals surface area (Å²) in [5.74, 6) is -1.37. The third kappa shape index (κ3) is 2.38. The minimum absolute atomic E-state index is 0.250. The van der Waals surface area contributed by atoms with Crippen molar-refractivity contribution >= 4 is 33.3 Å². The van der Waals surface area contributed by atoms with Gasteiger partial charge in [0, 0.05) is 4.47 Å². The first-order chi connectivity index (χ1) is 9.97.